The van der Waals surface area contributed by atoms with Crippen LogP contribution < -0.4 is 4.90 Å². The second kappa shape index (κ2) is 13.2. The lowest BCUT2D eigenvalue weighted by atomic mass is 9.55. The van der Waals surface area contributed by atoms with E-state index in [4.69, 9.17) is 4.74 Å². The zero-order valence-electron chi connectivity index (χ0n) is 25.0. The van der Waals surface area contributed by atoms with Gasteiger partial charge in [0.25, 0.3) is 0 Å². The molecule has 1 heterocycles. The van der Waals surface area contributed by atoms with Crippen molar-refractivity contribution in [3.8, 4) is 11.8 Å². The smallest absolute Gasteiger partial charge is 0.378 e. The van der Waals surface area contributed by atoms with Gasteiger partial charge >= 0.3 is 6.18 Å². The van der Waals surface area contributed by atoms with E-state index in [1.807, 2.05) is 14.1 Å². The minimum absolute atomic E-state index is 0. The molecular formula is C34H40F3NO3S3. The van der Waals surface area contributed by atoms with Crippen molar-refractivity contribution in [3.05, 3.63) is 88.0 Å². The van der Waals surface area contributed by atoms with E-state index >= 15 is 0 Å². The van der Waals surface area contributed by atoms with Crippen LogP contribution in [0.25, 0.3) is 0 Å². The lowest BCUT2D eigenvalue weighted by Crippen LogP contribution is -2.53. The summed E-state index contributed by atoms with van der Waals surface area (Å²) < 4.78 is 45.6. The lowest BCUT2D eigenvalue weighted by Gasteiger charge is -2.53. The summed E-state index contributed by atoms with van der Waals surface area (Å²) >= 11 is 0. The van der Waals surface area contributed by atoms with Crippen molar-refractivity contribution < 1.29 is 27.8 Å². The Bertz CT molecular complexity index is 1510. The van der Waals surface area contributed by atoms with Crippen LogP contribution in [0.15, 0.2) is 71.3 Å². The van der Waals surface area contributed by atoms with Crippen LogP contribution in [-0.2, 0) is 15.7 Å². The summed E-state index contributed by atoms with van der Waals surface area (Å²) in [4.78, 5) is 14.3. The van der Waals surface area contributed by atoms with Crippen molar-refractivity contribution in [2.45, 2.75) is 62.8 Å². The number of fused-ring (bicyclic) bond motifs is 4. The highest BCUT2D eigenvalue weighted by atomic mass is 32.1. The topological polar surface area (TPSA) is 49.8 Å². The Morgan fingerprint density at radius 2 is 1.66 bits per heavy atom. The number of hydrogen-bond acceptors (Lipinski definition) is 4. The molecule has 0 unspecified atom stereocenters. The molecule has 0 radical (unpaired) electrons. The Balaban J connectivity index is 0.00000176. The Kier molecular flexibility index (Phi) is 10.9. The quantitative estimate of drug-likeness (QED) is 0.360. The zero-order valence-corrected chi connectivity index (χ0v) is 28.0. The van der Waals surface area contributed by atoms with Crippen molar-refractivity contribution in [2.24, 2.45) is 11.3 Å². The highest BCUT2D eigenvalue weighted by Crippen LogP contribution is 2.64. The fourth-order valence-corrected chi connectivity index (χ4v) is 7.44. The van der Waals surface area contributed by atoms with Gasteiger partial charge in [-0.25, -0.2) is 0 Å². The molecule has 0 aromatic heterocycles. The summed E-state index contributed by atoms with van der Waals surface area (Å²) in [6.07, 6.45) is 0.150. The highest BCUT2D eigenvalue weighted by Gasteiger charge is 2.63. The molecule has 3 aliphatic carbocycles. The number of ketones is 1. The van der Waals surface area contributed by atoms with Gasteiger partial charge in [0.15, 0.2) is 5.78 Å². The van der Waals surface area contributed by atoms with Gasteiger partial charge in [-0.1, -0.05) is 30.9 Å². The summed E-state index contributed by atoms with van der Waals surface area (Å²) in [6, 6.07) is 13.2. The summed E-state index contributed by atoms with van der Waals surface area (Å²) in [6.45, 7) is 2.47. The first-order valence-electron chi connectivity index (χ1n) is 14.2. The molecule has 2 aromatic carbocycles. The third-order valence-corrected chi connectivity index (χ3v) is 9.80. The van der Waals surface area contributed by atoms with Gasteiger partial charge in [0.2, 0.25) is 0 Å². The van der Waals surface area contributed by atoms with Crippen molar-refractivity contribution in [1.82, 2.24) is 0 Å². The summed E-state index contributed by atoms with van der Waals surface area (Å²) in [5.74, 6) is 6.23. The first-order chi connectivity index (χ1) is 19.4. The molecule has 2 saturated carbocycles. The monoisotopic (exact) mass is 663 g/mol. The number of allylic oxidation sites excluding steroid dienone is 1. The number of aliphatic hydroxyl groups is 1. The number of anilines is 1. The predicted octanol–water partition coefficient (Wildman–Crippen LogP) is 6.78. The average molecular weight is 664 g/mol. The number of halogens is 3. The van der Waals surface area contributed by atoms with E-state index in [0.29, 0.717) is 37.9 Å². The van der Waals surface area contributed by atoms with Crippen LogP contribution in [0.3, 0.4) is 0 Å². The normalized spacial score (nSPS) is 28.8. The number of benzene rings is 2. The van der Waals surface area contributed by atoms with Crippen LogP contribution in [0.5, 0.6) is 0 Å². The van der Waals surface area contributed by atoms with Crippen LogP contribution in [-0.4, -0.2) is 43.3 Å². The maximum atomic E-state index is 13.0. The summed E-state index contributed by atoms with van der Waals surface area (Å²) in [5, 5.41) is 12.1. The third-order valence-electron chi connectivity index (χ3n) is 9.80. The number of carbonyl (C=O) groups excluding carboxylic acids is 1. The fraction of sp³-hybridized carbons (Fsp3) is 0.441. The minimum atomic E-state index is -4.41. The molecule has 1 N–H and O–H groups in total. The van der Waals surface area contributed by atoms with Gasteiger partial charge in [-0.15, -0.1) is 0 Å². The predicted molar refractivity (Wildman–Crippen MR) is 182 cm³/mol. The minimum Gasteiger partial charge on any atom is -0.378 e. The van der Waals surface area contributed by atoms with E-state index in [2.05, 4.69) is 47.9 Å². The molecular weight excluding hydrogens is 624 g/mol. The molecule has 4 aliphatic rings. The van der Waals surface area contributed by atoms with Gasteiger partial charge in [-0.05, 0) is 96.4 Å². The molecule has 238 valence electrons. The Hall–Kier alpha value is -2.29. The molecule has 0 bridgehead atoms. The SMILES string of the molecule is CN(C)c1ccc([C@H]2C[C@@]3(C)[C@@H](CC[C@@]3(O)C#Cc3ccc(C(F)(F)F)cc3)[C@@H]3OCC4=CC(=O)CCC4=C32)cc1.S.S.S. The van der Waals surface area contributed by atoms with Gasteiger partial charge in [0.1, 0.15) is 5.60 Å². The van der Waals surface area contributed by atoms with Gasteiger partial charge in [0.05, 0.1) is 18.3 Å². The fourth-order valence-electron chi connectivity index (χ4n) is 7.44. The van der Waals surface area contributed by atoms with E-state index in [1.165, 1.54) is 23.3 Å². The molecule has 0 spiro atoms. The van der Waals surface area contributed by atoms with E-state index in [1.54, 1.807) is 6.08 Å². The number of rotatable bonds is 2. The molecule has 2 aromatic rings. The molecule has 44 heavy (non-hydrogen) atoms. The van der Waals surface area contributed by atoms with Crippen molar-refractivity contribution >= 4 is 52.0 Å². The van der Waals surface area contributed by atoms with Crippen LogP contribution >= 0.6 is 40.5 Å². The Labute approximate surface area is 278 Å². The zero-order chi connectivity index (χ0) is 29.2. The van der Waals surface area contributed by atoms with Gasteiger partial charge in [-0.2, -0.15) is 53.7 Å². The average Bonchev–Trinajstić information content (AvgIpc) is 3.21. The standard InChI is InChI=1S/C34H34F3NO3.3H2S/c1-32-19-28(22-6-10-25(11-7-22)38(2)3)30-27-13-12-26(39)18-23(27)20-41-31(30)29(32)15-17-33(32,40)16-14-21-4-8-24(9-5-21)34(35,36)37;;;/h4-11,18,28-29,31,40H,12-13,15,17,19-20H2,1-3H3;3*1H2/t28-,29+,31+,32+,33+;;;/m1.../s1. The number of alkyl halides is 3. The summed E-state index contributed by atoms with van der Waals surface area (Å²) in [5.41, 5.74) is 3.42. The second-order valence-corrected chi connectivity index (χ2v) is 12.3. The van der Waals surface area contributed by atoms with Gasteiger partial charge in [0, 0.05) is 43.1 Å². The maximum Gasteiger partial charge on any atom is 0.416 e. The van der Waals surface area contributed by atoms with Crippen LogP contribution in [0.1, 0.15) is 61.6 Å². The number of ether oxygens (including phenoxy) is 1. The largest absolute Gasteiger partial charge is 0.416 e. The Morgan fingerprint density at radius 3 is 2.27 bits per heavy atom. The highest BCUT2D eigenvalue weighted by molar-refractivity contribution is 7.59. The van der Waals surface area contributed by atoms with E-state index in [0.717, 1.165) is 35.4 Å². The number of carbonyl (C=O) groups is 1. The molecule has 5 atom stereocenters. The number of nitrogens with zero attached hydrogens (tertiary/aromatic N) is 1. The van der Waals surface area contributed by atoms with Crippen molar-refractivity contribution in [3.63, 3.8) is 0 Å². The molecule has 10 heteroatoms. The third kappa shape index (κ3) is 6.23. The van der Waals surface area contributed by atoms with Gasteiger partial charge < -0.3 is 14.7 Å². The first-order valence-corrected chi connectivity index (χ1v) is 14.2. The summed E-state index contributed by atoms with van der Waals surface area (Å²) in [7, 11) is 4.00. The molecule has 2 fully saturated rings. The van der Waals surface area contributed by atoms with Crippen molar-refractivity contribution in [1.29, 1.82) is 0 Å². The lowest BCUT2D eigenvalue weighted by molar-refractivity contribution is -0.137. The van der Waals surface area contributed by atoms with E-state index < -0.39 is 22.8 Å². The maximum absolute atomic E-state index is 13.0. The van der Waals surface area contributed by atoms with Crippen LogP contribution in [0, 0.1) is 23.2 Å². The first kappa shape index (κ1) is 36.2. The molecule has 6 rings (SSSR count). The Morgan fingerprint density at radius 1 is 1.00 bits per heavy atom. The molecule has 4 nitrogen and oxygen atoms in total. The molecule has 0 amide bonds. The van der Waals surface area contributed by atoms with Crippen molar-refractivity contribution in [2.75, 3.05) is 25.6 Å². The van der Waals surface area contributed by atoms with E-state index in [9.17, 15) is 23.1 Å². The molecule has 1 aliphatic heterocycles. The molecule has 0 saturated heterocycles. The number of hydrogen-bond donors (Lipinski definition) is 1. The van der Waals surface area contributed by atoms with Crippen LogP contribution in [0.2, 0.25) is 0 Å². The van der Waals surface area contributed by atoms with Crippen LogP contribution in [0.4, 0.5) is 18.9 Å². The van der Waals surface area contributed by atoms with Gasteiger partial charge in [-0.3, -0.25) is 4.79 Å². The second-order valence-electron chi connectivity index (χ2n) is 12.3. The van der Waals surface area contributed by atoms with E-state index in [-0.39, 0.29) is 64.2 Å².